The quantitative estimate of drug-likeness (QED) is 0.601. The minimum Gasteiger partial charge on any atom is -0.469 e. The Morgan fingerprint density at radius 2 is 1.77 bits per heavy atom. The monoisotopic (exact) mass is 351 g/mol. The van der Waals surface area contributed by atoms with Crippen LogP contribution in [0.5, 0.6) is 0 Å². The zero-order valence-corrected chi connectivity index (χ0v) is 14.8. The molecule has 1 aromatic heterocycles. The average molecular weight is 351 g/mol. The van der Waals surface area contributed by atoms with Gasteiger partial charge in [-0.25, -0.2) is 4.39 Å². The van der Waals surface area contributed by atoms with Gasteiger partial charge in [0.25, 0.3) is 0 Å². The van der Waals surface area contributed by atoms with E-state index in [2.05, 4.69) is 0 Å². The molecular formula is C22H22FNO2. The molecule has 3 aromatic rings. The second-order valence-electron chi connectivity index (χ2n) is 6.33. The number of carbonyl (C=O) groups is 1. The molecule has 1 atom stereocenters. The van der Waals surface area contributed by atoms with Gasteiger partial charge in [-0.1, -0.05) is 42.5 Å². The predicted molar refractivity (Wildman–Crippen MR) is 99.1 cm³/mol. The number of carbonyl (C=O) groups excluding carboxylic acids is 1. The van der Waals surface area contributed by atoms with Crippen LogP contribution in [0.25, 0.3) is 0 Å². The topological polar surface area (TPSA) is 33.5 Å². The molecular weight excluding hydrogens is 329 g/mol. The highest BCUT2D eigenvalue weighted by Gasteiger charge is 2.19. The van der Waals surface area contributed by atoms with Crippen LogP contribution < -0.4 is 0 Å². The predicted octanol–water partition coefficient (Wildman–Crippen LogP) is 4.99. The molecule has 3 nitrogen and oxygen atoms in total. The molecule has 0 saturated carbocycles. The first-order valence-corrected chi connectivity index (χ1v) is 8.72. The summed E-state index contributed by atoms with van der Waals surface area (Å²) in [4.78, 5) is 13.9. The SMILES string of the molecule is CC(=O)N(CC[C@@H](c1ccc(F)cc1)c1ccco1)Cc1ccccc1. The van der Waals surface area contributed by atoms with Crippen molar-refractivity contribution in [3.05, 3.63) is 95.7 Å². The van der Waals surface area contributed by atoms with E-state index in [1.54, 1.807) is 25.3 Å². The Balaban J connectivity index is 1.75. The number of benzene rings is 2. The maximum Gasteiger partial charge on any atom is 0.219 e. The lowest BCUT2D eigenvalue weighted by Gasteiger charge is -2.24. The van der Waals surface area contributed by atoms with Crippen molar-refractivity contribution in [2.45, 2.75) is 25.8 Å². The van der Waals surface area contributed by atoms with Gasteiger partial charge in [-0.2, -0.15) is 0 Å². The minimum absolute atomic E-state index is 0.0248. The van der Waals surface area contributed by atoms with Gasteiger partial charge in [0.05, 0.1) is 6.26 Å². The van der Waals surface area contributed by atoms with Crippen molar-refractivity contribution in [1.29, 1.82) is 0 Å². The molecule has 1 heterocycles. The molecule has 4 heteroatoms. The van der Waals surface area contributed by atoms with Gasteiger partial charge in [-0.3, -0.25) is 4.79 Å². The van der Waals surface area contributed by atoms with E-state index in [0.717, 1.165) is 16.9 Å². The standard InChI is InChI=1S/C22H22FNO2/c1-17(25)24(16-18-6-3-2-4-7-18)14-13-21(22-8-5-15-26-22)19-9-11-20(23)12-10-19/h2-12,15,21H,13-14,16H2,1H3/t21-/m0/s1. The summed E-state index contributed by atoms with van der Waals surface area (Å²) in [5.74, 6) is 0.565. The first kappa shape index (κ1) is 17.9. The highest BCUT2D eigenvalue weighted by Crippen LogP contribution is 2.29. The minimum atomic E-state index is -0.263. The van der Waals surface area contributed by atoms with Crippen LogP contribution in [0.3, 0.4) is 0 Å². The summed E-state index contributed by atoms with van der Waals surface area (Å²) in [5.41, 5.74) is 2.07. The van der Waals surface area contributed by atoms with Crippen molar-refractivity contribution in [2.75, 3.05) is 6.54 Å². The molecule has 0 saturated heterocycles. The molecule has 3 rings (SSSR count). The number of rotatable bonds is 7. The molecule has 0 aliphatic heterocycles. The Morgan fingerprint density at radius 1 is 1.04 bits per heavy atom. The smallest absolute Gasteiger partial charge is 0.219 e. The molecule has 1 amide bonds. The number of hydrogen-bond acceptors (Lipinski definition) is 2. The summed E-state index contributed by atoms with van der Waals surface area (Å²) in [6.45, 7) is 2.75. The van der Waals surface area contributed by atoms with Crippen LogP contribution in [0.4, 0.5) is 4.39 Å². The van der Waals surface area contributed by atoms with Gasteiger partial charge < -0.3 is 9.32 Å². The van der Waals surface area contributed by atoms with Gasteiger partial charge in [0.2, 0.25) is 5.91 Å². The zero-order valence-electron chi connectivity index (χ0n) is 14.8. The van der Waals surface area contributed by atoms with Gasteiger partial charge in [0, 0.05) is 25.9 Å². The van der Waals surface area contributed by atoms with Crippen molar-refractivity contribution in [2.24, 2.45) is 0 Å². The Kier molecular flexibility index (Phi) is 5.84. The van der Waals surface area contributed by atoms with E-state index in [0.29, 0.717) is 19.5 Å². The number of furan rings is 1. The summed E-state index contributed by atoms with van der Waals surface area (Å²) in [6, 6.07) is 20.2. The van der Waals surface area contributed by atoms with Crippen molar-refractivity contribution in [3.8, 4) is 0 Å². The van der Waals surface area contributed by atoms with Gasteiger partial charge in [-0.15, -0.1) is 0 Å². The third-order valence-corrected chi connectivity index (χ3v) is 4.51. The van der Waals surface area contributed by atoms with E-state index in [4.69, 9.17) is 4.42 Å². The van der Waals surface area contributed by atoms with E-state index in [1.807, 2.05) is 47.4 Å². The molecule has 0 aliphatic carbocycles. The molecule has 134 valence electrons. The van der Waals surface area contributed by atoms with Crippen LogP contribution in [0.2, 0.25) is 0 Å². The summed E-state index contributed by atoms with van der Waals surface area (Å²) in [7, 11) is 0. The number of hydrogen-bond donors (Lipinski definition) is 0. The third-order valence-electron chi connectivity index (χ3n) is 4.51. The summed E-state index contributed by atoms with van der Waals surface area (Å²) in [6.07, 6.45) is 2.34. The maximum atomic E-state index is 13.3. The van der Waals surface area contributed by atoms with E-state index in [1.165, 1.54) is 12.1 Å². The molecule has 0 aliphatic rings. The molecule has 26 heavy (non-hydrogen) atoms. The van der Waals surface area contributed by atoms with E-state index in [-0.39, 0.29) is 17.6 Å². The second kappa shape index (κ2) is 8.48. The van der Waals surface area contributed by atoms with Gasteiger partial charge in [0.1, 0.15) is 11.6 Å². The summed E-state index contributed by atoms with van der Waals surface area (Å²) >= 11 is 0. The fourth-order valence-electron chi connectivity index (χ4n) is 3.09. The zero-order chi connectivity index (χ0) is 18.4. The molecule has 0 bridgehead atoms. The van der Waals surface area contributed by atoms with Gasteiger partial charge >= 0.3 is 0 Å². The third kappa shape index (κ3) is 4.60. The van der Waals surface area contributed by atoms with Crippen molar-refractivity contribution in [3.63, 3.8) is 0 Å². The van der Waals surface area contributed by atoms with Crippen LogP contribution in [-0.4, -0.2) is 17.4 Å². The molecule has 0 fully saturated rings. The van der Waals surface area contributed by atoms with Gasteiger partial charge in [0.15, 0.2) is 0 Å². The molecule has 2 aromatic carbocycles. The Labute approximate surface area is 153 Å². The average Bonchev–Trinajstić information content (AvgIpc) is 3.17. The summed E-state index contributed by atoms with van der Waals surface area (Å²) < 4.78 is 18.9. The lowest BCUT2D eigenvalue weighted by atomic mass is 9.93. The highest BCUT2D eigenvalue weighted by atomic mass is 19.1. The van der Waals surface area contributed by atoms with E-state index >= 15 is 0 Å². The van der Waals surface area contributed by atoms with E-state index in [9.17, 15) is 9.18 Å². The molecule has 0 spiro atoms. The molecule has 0 N–H and O–H groups in total. The summed E-state index contributed by atoms with van der Waals surface area (Å²) in [5, 5.41) is 0. The van der Waals surface area contributed by atoms with Crippen molar-refractivity contribution in [1.82, 2.24) is 4.90 Å². The Morgan fingerprint density at radius 3 is 2.38 bits per heavy atom. The number of halogens is 1. The fraction of sp³-hybridized carbons (Fsp3) is 0.227. The lowest BCUT2D eigenvalue weighted by molar-refractivity contribution is -0.129. The van der Waals surface area contributed by atoms with E-state index < -0.39 is 0 Å². The van der Waals surface area contributed by atoms with Crippen LogP contribution in [0.1, 0.15) is 36.1 Å². The number of nitrogens with zero attached hydrogens (tertiary/aromatic N) is 1. The van der Waals surface area contributed by atoms with Crippen LogP contribution in [0.15, 0.2) is 77.4 Å². The maximum absolute atomic E-state index is 13.3. The normalized spacial score (nSPS) is 11.9. The van der Waals surface area contributed by atoms with Crippen molar-refractivity contribution >= 4 is 5.91 Å². The fourth-order valence-corrected chi connectivity index (χ4v) is 3.09. The van der Waals surface area contributed by atoms with Crippen LogP contribution >= 0.6 is 0 Å². The van der Waals surface area contributed by atoms with Crippen molar-refractivity contribution < 1.29 is 13.6 Å². The molecule has 0 unspecified atom stereocenters. The largest absolute Gasteiger partial charge is 0.469 e. The van der Waals surface area contributed by atoms with Gasteiger partial charge in [-0.05, 0) is 41.8 Å². The highest BCUT2D eigenvalue weighted by molar-refractivity contribution is 5.73. The molecule has 0 radical (unpaired) electrons. The number of amides is 1. The lowest BCUT2D eigenvalue weighted by Crippen LogP contribution is -2.30. The van der Waals surface area contributed by atoms with Crippen LogP contribution in [0, 0.1) is 5.82 Å². The second-order valence-corrected chi connectivity index (χ2v) is 6.33. The first-order valence-electron chi connectivity index (χ1n) is 8.72. The Bertz CT molecular complexity index is 813. The first-order chi connectivity index (χ1) is 12.6. The Hall–Kier alpha value is -2.88. The van der Waals surface area contributed by atoms with Crippen LogP contribution in [-0.2, 0) is 11.3 Å².